The summed E-state index contributed by atoms with van der Waals surface area (Å²) in [6.45, 7) is 1.82. The highest BCUT2D eigenvalue weighted by Gasteiger charge is 2.15. The van der Waals surface area contributed by atoms with Crippen molar-refractivity contribution in [1.82, 2.24) is 0 Å². The van der Waals surface area contributed by atoms with Crippen molar-refractivity contribution in [3.05, 3.63) is 63.9 Å². The van der Waals surface area contributed by atoms with Gasteiger partial charge in [0, 0.05) is 22.6 Å². The molecule has 0 N–H and O–H groups in total. The molecular weight excluding hydrogens is 279 g/mol. The molecule has 4 heteroatoms. The van der Waals surface area contributed by atoms with Crippen LogP contribution >= 0.6 is 11.6 Å². The number of aryl methyl sites for hydroxylation is 1. The standard InChI is InChI=1S/C16H14ClFO2/c1-10-8-11(20-2)6-7-12(10)16(19)9-13-14(17)4-3-5-15(13)18/h3-8H,9H2,1-2H3. The van der Waals surface area contributed by atoms with E-state index in [0.29, 0.717) is 11.3 Å². The summed E-state index contributed by atoms with van der Waals surface area (Å²) >= 11 is 5.94. The molecule has 2 nitrogen and oxygen atoms in total. The number of ketones is 1. The van der Waals surface area contributed by atoms with Gasteiger partial charge in [0.2, 0.25) is 0 Å². The molecule has 0 fully saturated rings. The zero-order valence-electron chi connectivity index (χ0n) is 11.2. The van der Waals surface area contributed by atoms with Crippen LogP contribution in [0.25, 0.3) is 0 Å². The van der Waals surface area contributed by atoms with Gasteiger partial charge in [-0.2, -0.15) is 0 Å². The molecule has 0 saturated heterocycles. The Labute approximate surface area is 122 Å². The SMILES string of the molecule is COc1ccc(C(=O)Cc2c(F)cccc2Cl)c(C)c1. The van der Waals surface area contributed by atoms with Crippen molar-refractivity contribution in [2.45, 2.75) is 13.3 Å². The monoisotopic (exact) mass is 292 g/mol. The first-order valence-corrected chi connectivity index (χ1v) is 6.51. The Hall–Kier alpha value is -1.87. The number of rotatable bonds is 4. The van der Waals surface area contributed by atoms with E-state index in [0.717, 1.165) is 5.56 Å². The van der Waals surface area contributed by atoms with Gasteiger partial charge in [-0.15, -0.1) is 0 Å². The molecule has 0 aliphatic heterocycles. The maximum Gasteiger partial charge on any atom is 0.167 e. The molecule has 0 bridgehead atoms. The largest absolute Gasteiger partial charge is 0.497 e. The van der Waals surface area contributed by atoms with Crippen LogP contribution in [0.2, 0.25) is 5.02 Å². The lowest BCUT2D eigenvalue weighted by Crippen LogP contribution is -2.07. The number of Topliss-reactive ketones (excluding diaryl/α,β-unsaturated/α-hetero) is 1. The highest BCUT2D eigenvalue weighted by molar-refractivity contribution is 6.31. The van der Waals surface area contributed by atoms with Crippen LogP contribution in [0.15, 0.2) is 36.4 Å². The van der Waals surface area contributed by atoms with E-state index in [-0.39, 0.29) is 22.8 Å². The average molecular weight is 293 g/mol. The summed E-state index contributed by atoms with van der Waals surface area (Å²) in [7, 11) is 1.56. The second-order valence-corrected chi connectivity index (χ2v) is 4.89. The number of benzene rings is 2. The topological polar surface area (TPSA) is 26.3 Å². The maximum atomic E-state index is 13.7. The highest BCUT2D eigenvalue weighted by Crippen LogP contribution is 2.23. The van der Waals surface area contributed by atoms with E-state index in [1.165, 1.54) is 12.1 Å². The third-order valence-electron chi connectivity index (χ3n) is 3.13. The maximum absolute atomic E-state index is 13.7. The first-order valence-electron chi connectivity index (χ1n) is 6.13. The third-order valence-corrected chi connectivity index (χ3v) is 3.49. The third kappa shape index (κ3) is 2.99. The van der Waals surface area contributed by atoms with Crippen molar-refractivity contribution >= 4 is 17.4 Å². The van der Waals surface area contributed by atoms with E-state index >= 15 is 0 Å². The molecular formula is C16H14ClFO2. The Bertz CT molecular complexity index is 633. The number of ether oxygens (including phenoxy) is 1. The van der Waals surface area contributed by atoms with Crippen molar-refractivity contribution < 1.29 is 13.9 Å². The van der Waals surface area contributed by atoms with E-state index < -0.39 is 5.82 Å². The van der Waals surface area contributed by atoms with Crippen molar-refractivity contribution in [2.75, 3.05) is 7.11 Å². The molecule has 0 aromatic heterocycles. The Morgan fingerprint density at radius 2 is 2.05 bits per heavy atom. The zero-order valence-corrected chi connectivity index (χ0v) is 12.0. The second-order valence-electron chi connectivity index (χ2n) is 4.48. The first-order chi connectivity index (χ1) is 9.52. The van der Waals surface area contributed by atoms with Gasteiger partial charge in [-0.25, -0.2) is 4.39 Å². The molecule has 0 amide bonds. The lowest BCUT2D eigenvalue weighted by atomic mass is 9.98. The van der Waals surface area contributed by atoms with E-state index in [2.05, 4.69) is 0 Å². The van der Waals surface area contributed by atoms with Gasteiger partial charge in [-0.05, 0) is 42.8 Å². The highest BCUT2D eigenvalue weighted by atomic mass is 35.5. The summed E-state index contributed by atoms with van der Waals surface area (Å²) in [5, 5.41) is 0.268. The molecule has 104 valence electrons. The number of halogens is 2. The van der Waals surface area contributed by atoms with Gasteiger partial charge in [0.15, 0.2) is 5.78 Å². The van der Waals surface area contributed by atoms with Crippen LogP contribution in [0.3, 0.4) is 0 Å². The lowest BCUT2D eigenvalue weighted by Gasteiger charge is -2.09. The molecule has 0 aliphatic rings. The average Bonchev–Trinajstić information content (AvgIpc) is 2.42. The van der Waals surface area contributed by atoms with Crippen molar-refractivity contribution in [1.29, 1.82) is 0 Å². The predicted molar refractivity (Wildman–Crippen MR) is 77.2 cm³/mol. The summed E-state index contributed by atoms with van der Waals surface area (Å²) in [6.07, 6.45) is -0.0569. The molecule has 20 heavy (non-hydrogen) atoms. The molecule has 2 aromatic carbocycles. The van der Waals surface area contributed by atoms with Crippen LogP contribution in [0.4, 0.5) is 4.39 Å². The van der Waals surface area contributed by atoms with Gasteiger partial charge in [0.1, 0.15) is 11.6 Å². The second kappa shape index (κ2) is 6.06. The quantitative estimate of drug-likeness (QED) is 0.789. The van der Waals surface area contributed by atoms with E-state index in [1.54, 1.807) is 31.4 Å². The van der Waals surface area contributed by atoms with Crippen LogP contribution in [0, 0.1) is 12.7 Å². The molecule has 0 atom stereocenters. The van der Waals surface area contributed by atoms with Crippen LogP contribution in [0.5, 0.6) is 5.75 Å². The summed E-state index contributed by atoms with van der Waals surface area (Å²) in [5.74, 6) is 0.0529. The molecule has 0 spiro atoms. The predicted octanol–water partition coefficient (Wildman–Crippen LogP) is 4.22. The fourth-order valence-corrected chi connectivity index (χ4v) is 2.26. The number of carbonyl (C=O) groups excluding carboxylic acids is 1. The Kier molecular flexibility index (Phi) is 4.40. The molecule has 2 rings (SSSR count). The minimum atomic E-state index is -0.461. The molecule has 0 aliphatic carbocycles. The van der Waals surface area contributed by atoms with E-state index in [9.17, 15) is 9.18 Å². The van der Waals surface area contributed by atoms with E-state index in [4.69, 9.17) is 16.3 Å². The van der Waals surface area contributed by atoms with Gasteiger partial charge in [0.25, 0.3) is 0 Å². The van der Waals surface area contributed by atoms with Gasteiger partial charge in [0.05, 0.1) is 7.11 Å². The minimum absolute atomic E-state index is 0.0569. The Morgan fingerprint density at radius 3 is 2.65 bits per heavy atom. The minimum Gasteiger partial charge on any atom is -0.497 e. The summed E-state index contributed by atoms with van der Waals surface area (Å²) in [4.78, 5) is 12.3. The number of hydrogen-bond acceptors (Lipinski definition) is 2. The summed E-state index contributed by atoms with van der Waals surface area (Å²) in [5.41, 5.74) is 1.57. The number of hydrogen-bond donors (Lipinski definition) is 0. The summed E-state index contributed by atoms with van der Waals surface area (Å²) < 4.78 is 18.8. The van der Waals surface area contributed by atoms with Crippen LogP contribution in [-0.2, 0) is 6.42 Å². The van der Waals surface area contributed by atoms with Crippen LogP contribution < -0.4 is 4.74 Å². The van der Waals surface area contributed by atoms with Crippen molar-refractivity contribution in [3.63, 3.8) is 0 Å². The Morgan fingerprint density at radius 1 is 1.30 bits per heavy atom. The number of carbonyl (C=O) groups is 1. The smallest absolute Gasteiger partial charge is 0.167 e. The van der Waals surface area contributed by atoms with Crippen molar-refractivity contribution in [2.24, 2.45) is 0 Å². The molecule has 0 unspecified atom stereocenters. The van der Waals surface area contributed by atoms with Gasteiger partial charge >= 0.3 is 0 Å². The van der Waals surface area contributed by atoms with Crippen molar-refractivity contribution in [3.8, 4) is 5.75 Å². The zero-order chi connectivity index (χ0) is 14.7. The normalized spacial score (nSPS) is 10.4. The summed E-state index contributed by atoms with van der Waals surface area (Å²) in [6, 6.07) is 9.57. The molecule has 0 heterocycles. The number of methoxy groups -OCH3 is 1. The fourth-order valence-electron chi connectivity index (χ4n) is 2.03. The van der Waals surface area contributed by atoms with Gasteiger partial charge in [-0.1, -0.05) is 17.7 Å². The molecule has 2 aromatic rings. The first kappa shape index (κ1) is 14.5. The van der Waals surface area contributed by atoms with Crippen LogP contribution in [0.1, 0.15) is 21.5 Å². The Balaban J connectivity index is 2.29. The van der Waals surface area contributed by atoms with Crippen LogP contribution in [-0.4, -0.2) is 12.9 Å². The van der Waals surface area contributed by atoms with Gasteiger partial charge in [-0.3, -0.25) is 4.79 Å². The fraction of sp³-hybridized carbons (Fsp3) is 0.188. The molecule has 0 radical (unpaired) electrons. The van der Waals surface area contributed by atoms with Gasteiger partial charge < -0.3 is 4.74 Å². The lowest BCUT2D eigenvalue weighted by molar-refractivity contribution is 0.0991. The molecule has 0 saturated carbocycles. The van der Waals surface area contributed by atoms with E-state index in [1.807, 2.05) is 6.92 Å².